The summed E-state index contributed by atoms with van der Waals surface area (Å²) in [5.74, 6) is -0.809. The van der Waals surface area contributed by atoms with Gasteiger partial charge in [0.1, 0.15) is 17.0 Å². The van der Waals surface area contributed by atoms with Crippen molar-refractivity contribution in [1.29, 1.82) is 0 Å². The number of carbonyl (C=O) groups excluding carboxylic acids is 3. The van der Waals surface area contributed by atoms with Gasteiger partial charge in [-0.25, -0.2) is 9.59 Å². The Kier molecular flexibility index (Phi) is 8.45. The lowest BCUT2D eigenvalue weighted by molar-refractivity contribution is -0.163. The third-order valence-electron chi connectivity index (χ3n) is 4.98. The molecule has 2 aromatic rings. The van der Waals surface area contributed by atoms with Gasteiger partial charge in [-0.05, 0) is 44.5 Å². The minimum atomic E-state index is -4.70. The van der Waals surface area contributed by atoms with Crippen molar-refractivity contribution in [2.75, 3.05) is 17.6 Å². The van der Waals surface area contributed by atoms with Crippen LogP contribution in [0.4, 0.5) is 23.7 Å². The first-order chi connectivity index (χ1) is 16.8. The Labute approximate surface area is 215 Å². The van der Waals surface area contributed by atoms with Crippen LogP contribution in [-0.2, 0) is 20.5 Å². The number of halogens is 4. The number of nitrogens with zero attached hydrogens (tertiary/aromatic N) is 1. The summed E-state index contributed by atoms with van der Waals surface area (Å²) in [7, 11) is 0. The molecule has 194 valence electrons. The highest BCUT2D eigenvalue weighted by molar-refractivity contribution is 7.99. The first kappa shape index (κ1) is 27.7. The molecule has 0 spiro atoms. The monoisotopic (exact) mass is 543 g/mol. The van der Waals surface area contributed by atoms with E-state index in [1.165, 1.54) is 22.7 Å². The molecule has 1 fully saturated rings. The maximum absolute atomic E-state index is 13.2. The number of rotatable bonds is 5. The molecule has 1 aliphatic rings. The second-order valence-electron chi connectivity index (χ2n) is 8.95. The van der Waals surface area contributed by atoms with Crippen LogP contribution in [0.25, 0.3) is 0 Å². The summed E-state index contributed by atoms with van der Waals surface area (Å²) in [5, 5.41) is 3.62. The second-order valence-corrected chi connectivity index (χ2v) is 10.5. The number of hydrogen-bond acceptors (Lipinski definition) is 5. The van der Waals surface area contributed by atoms with E-state index in [0.717, 1.165) is 11.6 Å². The van der Waals surface area contributed by atoms with E-state index in [0.29, 0.717) is 11.8 Å². The third kappa shape index (κ3) is 7.07. The number of carbonyl (C=O) groups is 3. The van der Waals surface area contributed by atoms with Crippen LogP contribution in [-0.4, -0.2) is 46.7 Å². The molecule has 0 aliphatic carbocycles. The Morgan fingerprint density at radius 1 is 1.11 bits per heavy atom. The highest BCUT2D eigenvalue weighted by atomic mass is 35.5. The molecule has 3 amide bonds. The first-order valence-corrected chi connectivity index (χ1v) is 12.3. The maximum Gasteiger partial charge on any atom is 0.417 e. The molecule has 12 heteroatoms. The molecule has 1 aliphatic heterocycles. The van der Waals surface area contributed by atoms with E-state index in [-0.39, 0.29) is 5.69 Å². The van der Waals surface area contributed by atoms with E-state index in [9.17, 15) is 27.6 Å². The number of nitrogens with one attached hydrogen (secondary N) is 2. The zero-order valence-electron chi connectivity index (χ0n) is 19.7. The lowest BCUT2D eigenvalue weighted by Crippen LogP contribution is -2.49. The van der Waals surface area contributed by atoms with E-state index in [1.807, 2.05) is 30.3 Å². The lowest BCUT2D eigenvalue weighted by Gasteiger charge is -2.30. The third-order valence-corrected chi connectivity index (χ3v) is 6.63. The van der Waals surface area contributed by atoms with Gasteiger partial charge in [0.05, 0.1) is 17.1 Å². The van der Waals surface area contributed by atoms with Crippen LogP contribution in [0.5, 0.6) is 0 Å². The number of ether oxygens (including phenoxy) is 1. The smallest absolute Gasteiger partial charge is 0.417 e. The van der Waals surface area contributed by atoms with Crippen molar-refractivity contribution in [3.05, 3.63) is 64.7 Å². The predicted molar refractivity (Wildman–Crippen MR) is 132 cm³/mol. The summed E-state index contributed by atoms with van der Waals surface area (Å²) in [6, 6.07) is 10.3. The Hall–Kier alpha value is -2.92. The molecule has 2 atom stereocenters. The summed E-state index contributed by atoms with van der Waals surface area (Å²) in [6.45, 7) is 4.68. The fourth-order valence-corrected chi connectivity index (χ4v) is 5.14. The summed E-state index contributed by atoms with van der Waals surface area (Å²) < 4.78 is 44.7. The van der Waals surface area contributed by atoms with E-state index in [1.54, 1.807) is 20.8 Å². The van der Waals surface area contributed by atoms with Gasteiger partial charge in [-0.1, -0.05) is 41.9 Å². The molecular weight excluding hydrogens is 519 g/mol. The molecule has 2 aromatic carbocycles. The maximum atomic E-state index is 13.2. The van der Waals surface area contributed by atoms with Crippen molar-refractivity contribution >= 4 is 47.0 Å². The van der Waals surface area contributed by atoms with Crippen molar-refractivity contribution in [3.8, 4) is 0 Å². The molecule has 2 N–H and O–H groups in total. The topological polar surface area (TPSA) is 87.7 Å². The predicted octanol–water partition coefficient (Wildman–Crippen LogP) is 5.46. The highest BCUT2D eigenvalue weighted by Crippen LogP contribution is 2.42. The van der Waals surface area contributed by atoms with Crippen molar-refractivity contribution in [2.24, 2.45) is 0 Å². The van der Waals surface area contributed by atoms with Gasteiger partial charge in [-0.15, -0.1) is 11.8 Å². The van der Waals surface area contributed by atoms with Gasteiger partial charge in [0.25, 0.3) is 0 Å². The summed E-state index contributed by atoms with van der Waals surface area (Å²) in [6.07, 6.45) is -4.70. The molecule has 3 rings (SSSR count). The van der Waals surface area contributed by atoms with Crippen LogP contribution in [0.2, 0.25) is 5.02 Å². The Morgan fingerprint density at radius 2 is 1.78 bits per heavy atom. The average molecular weight is 544 g/mol. The zero-order chi connectivity index (χ0) is 26.7. The van der Waals surface area contributed by atoms with Crippen LogP contribution >= 0.6 is 23.4 Å². The van der Waals surface area contributed by atoms with Crippen molar-refractivity contribution in [1.82, 2.24) is 10.2 Å². The Morgan fingerprint density at radius 3 is 2.39 bits per heavy atom. The number of alkyl halides is 3. The van der Waals surface area contributed by atoms with Gasteiger partial charge >= 0.3 is 18.2 Å². The fraction of sp³-hybridized carbons (Fsp3) is 0.375. The van der Waals surface area contributed by atoms with Crippen molar-refractivity contribution in [3.63, 3.8) is 0 Å². The van der Waals surface area contributed by atoms with Gasteiger partial charge in [-0.3, -0.25) is 4.79 Å². The summed E-state index contributed by atoms with van der Waals surface area (Å²) in [5.41, 5.74) is -1.21. The number of urea groups is 1. The molecule has 0 saturated carbocycles. The van der Waals surface area contributed by atoms with Crippen LogP contribution < -0.4 is 10.6 Å². The molecule has 0 bridgehead atoms. The summed E-state index contributed by atoms with van der Waals surface area (Å²) >= 11 is 6.99. The van der Waals surface area contributed by atoms with E-state index in [4.69, 9.17) is 16.3 Å². The minimum Gasteiger partial charge on any atom is -0.458 e. The van der Waals surface area contributed by atoms with E-state index >= 15 is 0 Å². The van der Waals surface area contributed by atoms with Gasteiger partial charge in [0.2, 0.25) is 5.91 Å². The van der Waals surface area contributed by atoms with Crippen molar-refractivity contribution in [2.45, 2.75) is 44.0 Å². The van der Waals surface area contributed by atoms with Gasteiger partial charge < -0.3 is 20.3 Å². The second kappa shape index (κ2) is 11.0. The number of anilines is 1. The number of thioether (sulfide) groups is 1. The molecular formula is C24H25ClF3N3O4S. The van der Waals surface area contributed by atoms with Gasteiger partial charge in [0.15, 0.2) is 0 Å². The molecule has 1 saturated heterocycles. The Bertz CT molecular complexity index is 1130. The first-order valence-electron chi connectivity index (χ1n) is 10.9. The standard InChI is InChI=1S/C24H25ClF3N3O4S/c1-23(2,3)35-21(33)18-13-36-20(14-7-5-4-6-8-14)31(18)19(32)12-29-22(34)30-15-9-10-17(25)16(11-15)24(26,27)28/h4-11,18,20H,12-13H2,1-3H3,(H2,29,30,34)/t18-,20+/m0/s1. The van der Waals surface area contributed by atoms with Crippen LogP contribution in [0.1, 0.15) is 37.3 Å². The SMILES string of the molecule is CC(C)(C)OC(=O)[C@@H]1CS[C@H](c2ccccc2)N1C(=O)CNC(=O)Nc1ccc(Cl)c(C(F)(F)F)c1. The Balaban J connectivity index is 1.72. The molecule has 0 aromatic heterocycles. The number of amides is 3. The molecule has 36 heavy (non-hydrogen) atoms. The number of hydrogen-bond donors (Lipinski definition) is 2. The fourth-order valence-electron chi connectivity index (χ4n) is 3.48. The van der Waals surface area contributed by atoms with Crippen molar-refractivity contribution < 1.29 is 32.3 Å². The molecule has 0 radical (unpaired) electrons. The van der Waals surface area contributed by atoms with Gasteiger partial charge in [-0.2, -0.15) is 13.2 Å². The highest BCUT2D eigenvalue weighted by Gasteiger charge is 2.44. The van der Waals surface area contributed by atoms with E-state index in [2.05, 4.69) is 10.6 Å². The van der Waals surface area contributed by atoms with Crippen LogP contribution in [0.3, 0.4) is 0 Å². The lowest BCUT2D eigenvalue weighted by atomic mass is 10.1. The van der Waals surface area contributed by atoms with Gasteiger partial charge in [0, 0.05) is 11.4 Å². The largest absolute Gasteiger partial charge is 0.458 e. The normalized spacial score (nSPS) is 18.0. The van der Waals surface area contributed by atoms with Crippen LogP contribution in [0, 0.1) is 0 Å². The van der Waals surface area contributed by atoms with E-state index < -0.39 is 58.2 Å². The zero-order valence-corrected chi connectivity index (χ0v) is 21.3. The van der Waals surface area contributed by atoms with Crippen LogP contribution in [0.15, 0.2) is 48.5 Å². The molecule has 7 nitrogen and oxygen atoms in total. The minimum absolute atomic E-state index is 0.151. The number of benzene rings is 2. The quantitative estimate of drug-likeness (QED) is 0.489. The number of esters is 1. The summed E-state index contributed by atoms with van der Waals surface area (Å²) in [4.78, 5) is 39.7. The average Bonchev–Trinajstić information content (AvgIpc) is 3.23. The molecule has 1 heterocycles. The molecule has 0 unspecified atom stereocenters.